The molecule has 0 aromatic rings. The fourth-order valence-corrected chi connectivity index (χ4v) is 1.15. The maximum absolute atomic E-state index is 9.18. The second-order valence-electron chi connectivity index (χ2n) is 2.77. The van der Waals surface area contributed by atoms with E-state index in [2.05, 4.69) is 0 Å². The van der Waals surface area contributed by atoms with Gasteiger partial charge in [-0.25, -0.2) is 0 Å². The number of aliphatic hydroxyl groups is 2. The lowest BCUT2D eigenvalue weighted by Gasteiger charge is -2.15. The molecule has 0 aromatic carbocycles. The molecule has 1 aliphatic rings. The molecule has 0 saturated heterocycles. The van der Waals surface area contributed by atoms with Gasteiger partial charge in [0.15, 0.2) is 0 Å². The predicted octanol–water partition coefficient (Wildman–Crippen LogP) is 0.838. The lowest BCUT2D eigenvalue weighted by atomic mass is 10.0. The zero-order valence-corrected chi connectivity index (χ0v) is 6.03. The summed E-state index contributed by atoms with van der Waals surface area (Å²) in [5, 5.41) is 18.3. The van der Waals surface area contributed by atoms with Crippen LogP contribution in [0.25, 0.3) is 0 Å². The van der Waals surface area contributed by atoms with Crippen LogP contribution < -0.4 is 0 Å². The van der Waals surface area contributed by atoms with Gasteiger partial charge in [0.05, 0.1) is 12.2 Å². The molecule has 0 amide bonds. The first kappa shape index (κ1) is 7.76. The summed E-state index contributed by atoms with van der Waals surface area (Å²) in [5.41, 5.74) is 0. The Morgan fingerprint density at radius 3 is 2.80 bits per heavy atom. The summed E-state index contributed by atoms with van der Waals surface area (Å²) in [6, 6.07) is 0. The van der Waals surface area contributed by atoms with Gasteiger partial charge in [0.25, 0.3) is 0 Å². The molecule has 2 heteroatoms. The van der Waals surface area contributed by atoms with Crippen LogP contribution in [0.5, 0.6) is 0 Å². The molecule has 0 unspecified atom stereocenters. The van der Waals surface area contributed by atoms with E-state index in [1.54, 1.807) is 6.08 Å². The van der Waals surface area contributed by atoms with Crippen LogP contribution in [-0.2, 0) is 0 Å². The molecule has 2 N–H and O–H groups in total. The Morgan fingerprint density at radius 2 is 2.00 bits per heavy atom. The van der Waals surface area contributed by atoms with Crippen LogP contribution in [0.15, 0.2) is 12.2 Å². The lowest BCUT2D eigenvalue weighted by Crippen LogP contribution is -2.24. The third kappa shape index (κ3) is 2.12. The highest BCUT2D eigenvalue weighted by Crippen LogP contribution is 2.11. The van der Waals surface area contributed by atoms with Gasteiger partial charge in [-0.15, -0.1) is 0 Å². The predicted molar refractivity (Wildman–Crippen MR) is 39.6 cm³/mol. The van der Waals surface area contributed by atoms with Crippen LogP contribution in [0.4, 0.5) is 0 Å². The van der Waals surface area contributed by atoms with Crippen molar-refractivity contribution in [3.63, 3.8) is 0 Å². The number of rotatable bonds is 0. The summed E-state index contributed by atoms with van der Waals surface area (Å²) < 4.78 is 0. The Morgan fingerprint density at radius 1 is 1.20 bits per heavy atom. The maximum atomic E-state index is 9.18. The van der Waals surface area contributed by atoms with E-state index < -0.39 is 12.2 Å². The van der Waals surface area contributed by atoms with E-state index in [1.165, 1.54) is 0 Å². The molecule has 0 spiro atoms. The van der Waals surface area contributed by atoms with E-state index in [9.17, 15) is 5.11 Å². The maximum Gasteiger partial charge on any atom is 0.0979 e. The van der Waals surface area contributed by atoms with Crippen LogP contribution in [0.3, 0.4) is 0 Å². The summed E-state index contributed by atoms with van der Waals surface area (Å²) >= 11 is 0. The molecule has 0 heterocycles. The third-order valence-corrected chi connectivity index (χ3v) is 1.85. The largest absolute Gasteiger partial charge is 0.390 e. The number of aliphatic hydroxyl groups excluding tert-OH is 2. The van der Waals surface area contributed by atoms with Crippen molar-refractivity contribution in [1.82, 2.24) is 0 Å². The van der Waals surface area contributed by atoms with E-state index in [4.69, 9.17) is 5.11 Å². The van der Waals surface area contributed by atoms with Crippen molar-refractivity contribution in [2.75, 3.05) is 0 Å². The van der Waals surface area contributed by atoms with Crippen molar-refractivity contribution < 1.29 is 10.2 Å². The van der Waals surface area contributed by atoms with Crippen molar-refractivity contribution in [2.45, 2.75) is 37.9 Å². The van der Waals surface area contributed by atoms with Gasteiger partial charge in [0, 0.05) is 0 Å². The first-order valence-corrected chi connectivity index (χ1v) is 3.83. The molecule has 0 fully saturated rings. The van der Waals surface area contributed by atoms with Crippen LogP contribution in [0.1, 0.15) is 25.7 Å². The van der Waals surface area contributed by atoms with Crippen LogP contribution in [0.2, 0.25) is 0 Å². The SMILES string of the molecule is O[C@@H]1CCCC/C=C\[C@@H]1O. The summed E-state index contributed by atoms with van der Waals surface area (Å²) in [6.07, 6.45) is 6.34. The number of hydrogen-bond acceptors (Lipinski definition) is 2. The van der Waals surface area contributed by atoms with Crippen LogP contribution in [0, 0.1) is 0 Å². The normalized spacial score (nSPS) is 38.2. The molecule has 2 nitrogen and oxygen atoms in total. The average molecular weight is 142 g/mol. The second kappa shape index (κ2) is 3.74. The molecule has 0 bridgehead atoms. The minimum atomic E-state index is -0.639. The summed E-state index contributed by atoms with van der Waals surface area (Å²) in [7, 11) is 0. The third-order valence-electron chi connectivity index (χ3n) is 1.85. The molecular weight excluding hydrogens is 128 g/mol. The van der Waals surface area contributed by atoms with Crippen LogP contribution >= 0.6 is 0 Å². The molecule has 0 saturated carbocycles. The Bertz CT molecular complexity index is 120. The quantitative estimate of drug-likeness (QED) is 0.492. The summed E-state index contributed by atoms with van der Waals surface area (Å²) in [4.78, 5) is 0. The Kier molecular flexibility index (Phi) is 2.90. The Hall–Kier alpha value is -0.340. The molecule has 1 rings (SSSR count). The van der Waals surface area contributed by atoms with Crippen molar-refractivity contribution in [3.05, 3.63) is 12.2 Å². The van der Waals surface area contributed by atoms with Gasteiger partial charge in [0.1, 0.15) is 0 Å². The first-order valence-electron chi connectivity index (χ1n) is 3.83. The molecule has 10 heavy (non-hydrogen) atoms. The zero-order valence-electron chi connectivity index (χ0n) is 6.03. The average Bonchev–Trinajstić information content (AvgIpc) is 1.92. The highest BCUT2D eigenvalue weighted by Gasteiger charge is 2.13. The fraction of sp³-hybridized carbons (Fsp3) is 0.750. The van der Waals surface area contributed by atoms with Gasteiger partial charge in [0.2, 0.25) is 0 Å². The van der Waals surface area contributed by atoms with Gasteiger partial charge in [-0.05, 0) is 19.3 Å². The van der Waals surface area contributed by atoms with Gasteiger partial charge in [-0.1, -0.05) is 18.6 Å². The lowest BCUT2D eigenvalue weighted by molar-refractivity contribution is 0.0402. The van der Waals surface area contributed by atoms with Crippen molar-refractivity contribution in [1.29, 1.82) is 0 Å². The zero-order chi connectivity index (χ0) is 7.40. The standard InChI is InChI=1S/C8H14O2/c9-7-5-3-1-2-4-6-8(7)10/h3,5,7-10H,1-2,4,6H2/b5-3-/t7-,8+/m0/s1. The molecule has 1 aliphatic carbocycles. The van der Waals surface area contributed by atoms with Gasteiger partial charge in [-0.3, -0.25) is 0 Å². The first-order chi connectivity index (χ1) is 4.80. The van der Waals surface area contributed by atoms with Crippen molar-refractivity contribution >= 4 is 0 Å². The fourth-order valence-electron chi connectivity index (χ4n) is 1.15. The molecule has 58 valence electrons. The van der Waals surface area contributed by atoms with Crippen molar-refractivity contribution in [3.8, 4) is 0 Å². The second-order valence-corrected chi connectivity index (χ2v) is 2.77. The van der Waals surface area contributed by atoms with E-state index in [0.717, 1.165) is 25.7 Å². The van der Waals surface area contributed by atoms with Gasteiger partial charge >= 0.3 is 0 Å². The summed E-state index contributed by atoms with van der Waals surface area (Å²) in [6.45, 7) is 0. The smallest absolute Gasteiger partial charge is 0.0979 e. The minimum Gasteiger partial charge on any atom is -0.390 e. The van der Waals surface area contributed by atoms with Crippen molar-refractivity contribution in [2.24, 2.45) is 0 Å². The van der Waals surface area contributed by atoms with E-state index >= 15 is 0 Å². The topological polar surface area (TPSA) is 40.5 Å². The van der Waals surface area contributed by atoms with E-state index in [0.29, 0.717) is 0 Å². The van der Waals surface area contributed by atoms with E-state index in [1.807, 2.05) is 6.08 Å². The molecule has 0 radical (unpaired) electrons. The van der Waals surface area contributed by atoms with E-state index in [-0.39, 0.29) is 0 Å². The van der Waals surface area contributed by atoms with Crippen LogP contribution in [-0.4, -0.2) is 22.4 Å². The number of hydrogen-bond donors (Lipinski definition) is 2. The highest BCUT2D eigenvalue weighted by atomic mass is 16.3. The Balaban J connectivity index is 2.44. The van der Waals surface area contributed by atoms with Gasteiger partial charge in [-0.2, -0.15) is 0 Å². The monoisotopic (exact) mass is 142 g/mol. The molecular formula is C8H14O2. The molecule has 0 aliphatic heterocycles. The highest BCUT2D eigenvalue weighted by molar-refractivity contribution is 4.93. The summed E-state index contributed by atoms with van der Waals surface area (Å²) in [5.74, 6) is 0. The Labute approximate surface area is 61.2 Å². The minimum absolute atomic E-state index is 0.545. The molecule has 0 aromatic heterocycles. The molecule has 2 atom stereocenters. The number of allylic oxidation sites excluding steroid dienone is 1. The van der Waals surface area contributed by atoms with Gasteiger partial charge < -0.3 is 10.2 Å².